The summed E-state index contributed by atoms with van der Waals surface area (Å²) in [6.07, 6.45) is -3.34. The number of fused-ring (bicyclic) bond motifs is 2. The quantitative estimate of drug-likeness (QED) is 0.0726. The van der Waals surface area contributed by atoms with Crippen molar-refractivity contribution in [2.45, 2.75) is 135 Å². The number of hydrogen-bond acceptors (Lipinski definition) is 14. The molecule has 4 aliphatic heterocycles. The van der Waals surface area contributed by atoms with Crippen LogP contribution >= 0.6 is 11.3 Å². The van der Waals surface area contributed by atoms with Crippen LogP contribution in [0.2, 0.25) is 0 Å². The van der Waals surface area contributed by atoms with Gasteiger partial charge in [-0.25, -0.2) is 4.79 Å². The lowest BCUT2D eigenvalue weighted by Gasteiger charge is -2.47. The minimum Gasteiger partial charge on any atom is -0.458 e. The molecular weight excluding hydrogens is 861 g/mol. The second-order valence-electron chi connectivity index (χ2n) is 19.1. The zero-order valence-corrected chi connectivity index (χ0v) is 40.7. The lowest BCUT2D eigenvalue weighted by molar-refractivity contribution is -0.296. The molecule has 3 fully saturated rings. The van der Waals surface area contributed by atoms with Crippen LogP contribution in [0.1, 0.15) is 84.4 Å². The average Bonchev–Trinajstić information content (AvgIpc) is 3.77. The van der Waals surface area contributed by atoms with Crippen LogP contribution in [0.5, 0.6) is 5.75 Å². The van der Waals surface area contributed by atoms with Gasteiger partial charge < -0.3 is 38.4 Å². The van der Waals surface area contributed by atoms with Gasteiger partial charge in [0.2, 0.25) is 0 Å². The lowest BCUT2D eigenvalue weighted by Crippen LogP contribution is -2.60. The summed E-state index contributed by atoms with van der Waals surface area (Å²) < 4.78 is 38.4. The Labute approximate surface area is 392 Å². The Morgan fingerprint density at radius 2 is 1.77 bits per heavy atom. The molecule has 66 heavy (non-hydrogen) atoms. The maximum atomic E-state index is 14.7. The van der Waals surface area contributed by atoms with E-state index >= 15 is 0 Å². The van der Waals surface area contributed by atoms with Crippen molar-refractivity contribution in [3.8, 4) is 17.6 Å². The molecule has 0 spiro atoms. The van der Waals surface area contributed by atoms with Crippen LogP contribution in [0.3, 0.4) is 0 Å². The Bertz CT molecular complexity index is 2370. The lowest BCUT2D eigenvalue weighted by atomic mass is 9.73. The Kier molecular flexibility index (Phi) is 15.1. The molecular formula is C51H66N4O10S. The van der Waals surface area contributed by atoms with Gasteiger partial charge in [0.25, 0.3) is 0 Å². The zero-order valence-electron chi connectivity index (χ0n) is 39.9. The fraction of sp³-hybridized carbons (Fsp3) is 0.588. The fourth-order valence-corrected chi connectivity index (χ4v) is 11.6. The highest BCUT2D eigenvalue weighted by Gasteiger charge is 2.60. The van der Waals surface area contributed by atoms with Crippen molar-refractivity contribution >= 4 is 51.6 Å². The van der Waals surface area contributed by atoms with Gasteiger partial charge >= 0.3 is 12.1 Å². The third-order valence-corrected chi connectivity index (χ3v) is 15.0. The number of hydrogen-bond donors (Lipinski definition) is 2. The summed E-state index contributed by atoms with van der Waals surface area (Å²) in [5.41, 5.74) is -1.66. The number of esters is 1. The molecule has 14 nitrogen and oxygen atoms in total. The minimum absolute atomic E-state index is 0.0589. The highest BCUT2D eigenvalue weighted by atomic mass is 32.1. The molecule has 2 aromatic carbocycles. The van der Waals surface area contributed by atoms with E-state index < -0.39 is 71.5 Å². The molecule has 3 aromatic rings. The first-order valence-electron chi connectivity index (χ1n) is 23.2. The number of nitrogens with one attached hydrogen (secondary N) is 1. The standard InChI is InChI=1S/C51H66N4O10S/c1-11-40-51(8)45-31(4)42(53-23-24-55(45)49(59)65-51)29(2)28-50(7,46(32(5)43(56)33(6)47(58)63-40)64-48-44(57)38(54(9)10)26-30(3)61-48)60-25-15-18-35-21-22-36(66-35)27-41(52)62-39-20-14-17-34-16-12-13-19-37(34)39/h12-14,16-17,19-22,29-33,38,40,44-46,48,52,57H,11,23-28H2,1-10H3/t29-,30-,31+,32+,33-,38+,40-,44-,45-,46-,48+,50+,51-/m1/s1. The molecule has 0 unspecified atom stereocenters. The van der Waals surface area contributed by atoms with E-state index in [1.165, 1.54) is 18.3 Å². The zero-order chi connectivity index (χ0) is 47.7. The first kappa shape index (κ1) is 49.2. The van der Waals surface area contributed by atoms with E-state index in [1.807, 2.05) is 108 Å². The predicted octanol–water partition coefficient (Wildman–Crippen LogP) is 7.31. The Morgan fingerprint density at radius 1 is 1.03 bits per heavy atom. The molecule has 0 aliphatic carbocycles. The number of carbonyl (C=O) groups is 3. The number of likely N-dealkylation sites (N-methyl/N-ethyl adjacent to an activating group) is 1. The van der Waals surface area contributed by atoms with Crippen LogP contribution in [0.4, 0.5) is 4.79 Å². The molecule has 1 aromatic heterocycles. The second kappa shape index (κ2) is 20.3. The molecule has 0 saturated carbocycles. The van der Waals surface area contributed by atoms with Crippen molar-refractivity contribution in [3.05, 3.63) is 64.4 Å². The largest absolute Gasteiger partial charge is 0.458 e. The third-order valence-electron chi connectivity index (χ3n) is 14.0. The first-order chi connectivity index (χ1) is 31.3. The van der Waals surface area contributed by atoms with E-state index in [-0.39, 0.29) is 36.5 Å². The van der Waals surface area contributed by atoms with Gasteiger partial charge in [0.15, 0.2) is 23.6 Å². The number of aliphatic imine (C=N–C) groups is 1. The van der Waals surface area contributed by atoms with E-state index in [4.69, 9.17) is 38.8 Å². The molecule has 356 valence electrons. The molecule has 7 rings (SSSR count). The highest BCUT2D eigenvalue weighted by Crippen LogP contribution is 2.44. The number of Topliss-reactive ketones (excluding diaryl/α,β-unsaturated/α-hetero) is 1. The summed E-state index contributed by atoms with van der Waals surface area (Å²) >= 11 is 1.46. The van der Waals surface area contributed by atoms with Crippen LogP contribution in [-0.4, -0.2) is 132 Å². The smallest absolute Gasteiger partial charge is 0.410 e. The molecule has 5 heterocycles. The number of rotatable bonds is 9. The molecule has 15 heteroatoms. The number of ketones is 1. The fourth-order valence-electron chi connectivity index (χ4n) is 10.7. The SMILES string of the molecule is CC[C@H]1OC(=O)[C@H](C)C(=O)[C@H](C)[C@@H](O[C@@H]2O[C@H](C)C[C@H](N(C)C)[C@H]2O)[C@@](C)(OCC#Cc2ccc(CC(=N)Oc3cccc4ccccc34)s2)C[C@@H](C)C2=NCCN3C(=O)O[C@@]1(C)[C@H]3[C@H]2C. The topological polar surface area (TPSA) is 170 Å². The van der Waals surface area contributed by atoms with E-state index in [0.717, 1.165) is 26.2 Å². The molecule has 2 bridgehead atoms. The maximum absolute atomic E-state index is 14.7. The van der Waals surface area contributed by atoms with Crippen molar-refractivity contribution in [3.63, 3.8) is 0 Å². The van der Waals surface area contributed by atoms with Gasteiger partial charge in [-0.15, -0.1) is 11.3 Å². The minimum atomic E-state index is -1.28. The van der Waals surface area contributed by atoms with Crippen molar-refractivity contribution in [2.24, 2.45) is 28.7 Å². The summed E-state index contributed by atoms with van der Waals surface area (Å²) in [5, 5.41) is 22.4. The molecule has 3 saturated heterocycles. The number of aliphatic hydroxyl groups is 1. The Balaban J connectivity index is 1.20. The summed E-state index contributed by atoms with van der Waals surface area (Å²) in [6, 6.07) is 16.7. The number of cyclic esters (lactones) is 1. The van der Waals surface area contributed by atoms with Crippen molar-refractivity contribution < 1.29 is 47.9 Å². The first-order valence-corrected chi connectivity index (χ1v) is 24.0. The third kappa shape index (κ3) is 10.1. The van der Waals surface area contributed by atoms with Gasteiger partial charge in [0, 0.05) is 40.4 Å². The summed E-state index contributed by atoms with van der Waals surface area (Å²) in [4.78, 5) is 52.7. The molecule has 1 amide bonds. The van der Waals surface area contributed by atoms with Gasteiger partial charge in [0.1, 0.15) is 30.5 Å². The van der Waals surface area contributed by atoms with Gasteiger partial charge in [-0.3, -0.25) is 24.9 Å². The van der Waals surface area contributed by atoms with Crippen molar-refractivity contribution in [2.75, 3.05) is 33.8 Å². The number of thiophene rings is 1. The summed E-state index contributed by atoms with van der Waals surface area (Å²) in [6.45, 7) is 15.5. The van der Waals surface area contributed by atoms with Gasteiger partial charge in [-0.05, 0) is 90.6 Å². The number of carbonyl (C=O) groups excluding carboxylic acids is 3. The van der Waals surface area contributed by atoms with E-state index in [9.17, 15) is 19.5 Å². The number of amides is 1. The molecule has 13 atom stereocenters. The Morgan fingerprint density at radius 3 is 2.52 bits per heavy atom. The highest BCUT2D eigenvalue weighted by molar-refractivity contribution is 7.12. The van der Waals surface area contributed by atoms with Crippen LogP contribution in [0, 0.1) is 40.9 Å². The van der Waals surface area contributed by atoms with Crippen molar-refractivity contribution in [1.82, 2.24) is 9.80 Å². The number of ether oxygens (including phenoxy) is 6. The van der Waals surface area contributed by atoms with Crippen LogP contribution in [0.25, 0.3) is 10.8 Å². The van der Waals surface area contributed by atoms with E-state index in [2.05, 4.69) is 18.8 Å². The molecule has 0 radical (unpaired) electrons. The van der Waals surface area contributed by atoms with Crippen LogP contribution < -0.4 is 4.74 Å². The average molecular weight is 927 g/mol. The van der Waals surface area contributed by atoms with Gasteiger partial charge in [-0.1, -0.05) is 75.9 Å². The normalized spacial score (nSPS) is 34.1. The molecule has 2 N–H and O–H groups in total. The van der Waals surface area contributed by atoms with Gasteiger partial charge in [0.05, 0.1) is 41.7 Å². The van der Waals surface area contributed by atoms with Crippen LogP contribution in [0.15, 0.2) is 59.6 Å². The number of nitrogens with zero attached hydrogens (tertiary/aromatic N) is 3. The summed E-state index contributed by atoms with van der Waals surface area (Å²) in [7, 11) is 3.79. The van der Waals surface area contributed by atoms with Gasteiger partial charge in [-0.2, -0.15) is 0 Å². The maximum Gasteiger partial charge on any atom is 0.410 e. The molecule has 4 aliphatic rings. The Hall–Kier alpha value is -4.69. The second-order valence-corrected chi connectivity index (χ2v) is 20.3. The van der Waals surface area contributed by atoms with Crippen molar-refractivity contribution in [1.29, 1.82) is 5.41 Å². The summed E-state index contributed by atoms with van der Waals surface area (Å²) in [5.74, 6) is 3.22. The van der Waals surface area contributed by atoms with Crippen LogP contribution in [-0.2, 0) is 39.7 Å². The predicted molar refractivity (Wildman–Crippen MR) is 253 cm³/mol. The number of benzene rings is 2. The monoisotopic (exact) mass is 926 g/mol. The van der Waals surface area contributed by atoms with E-state index in [0.29, 0.717) is 44.5 Å². The van der Waals surface area contributed by atoms with E-state index in [1.54, 1.807) is 11.8 Å². The number of aliphatic hydroxyl groups excluding tert-OH is 1.